The molecule has 23 heavy (non-hydrogen) atoms. The van der Waals surface area contributed by atoms with Gasteiger partial charge in [0.05, 0.1) is 6.04 Å². The molecule has 122 valence electrons. The Hall–Kier alpha value is -1.87. The first-order chi connectivity index (χ1) is 11.0. The zero-order valence-corrected chi connectivity index (χ0v) is 15.2. The Morgan fingerprint density at radius 1 is 0.957 bits per heavy atom. The summed E-state index contributed by atoms with van der Waals surface area (Å²) in [6.45, 7) is 8.66. The molecule has 2 nitrogen and oxygen atoms in total. The van der Waals surface area contributed by atoms with E-state index in [9.17, 15) is 0 Å². The highest BCUT2D eigenvalue weighted by Gasteiger charge is 2.10. The van der Waals surface area contributed by atoms with E-state index in [0.29, 0.717) is 11.0 Å². The van der Waals surface area contributed by atoms with Crippen LogP contribution in [0.15, 0.2) is 48.5 Å². The molecule has 2 rings (SSSR count). The quantitative estimate of drug-likeness (QED) is 0.704. The molecule has 0 aliphatic heterocycles. The molecule has 0 spiro atoms. The van der Waals surface area contributed by atoms with Crippen molar-refractivity contribution < 1.29 is 0 Å². The van der Waals surface area contributed by atoms with Crippen molar-refractivity contribution in [3.8, 4) is 0 Å². The summed E-state index contributed by atoms with van der Waals surface area (Å²) in [5, 5.41) is 7.34. The predicted octanol–water partition coefficient (Wildman–Crippen LogP) is 5.56. The minimum atomic E-state index is 0.227. The third kappa shape index (κ3) is 5.07. The number of thiocarbonyl (C=S) groups is 1. The summed E-state index contributed by atoms with van der Waals surface area (Å²) in [5.74, 6) is 0.542. The van der Waals surface area contributed by atoms with Crippen LogP contribution >= 0.6 is 12.2 Å². The van der Waals surface area contributed by atoms with Crippen LogP contribution < -0.4 is 10.6 Å². The molecule has 0 saturated heterocycles. The molecule has 0 bridgehead atoms. The number of hydrogen-bond donors (Lipinski definition) is 2. The molecule has 2 aromatic carbocycles. The van der Waals surface area contributed by atoms with Crippen LogP contribution in [0.2, 0.25) is 0 Å². The van der Waals surface area contributed by atoms with Gasteiger partial charge in [0.25, 0.3) is 0 Å². The average Bonchev–Trinajstić information content (AvgIpc) is 2.54. The van der Waals surface area contributed by atoms with Gasteiger partial charge in [-0.3, -0.25) is 0 Å². The second kappa shape index (κ2) is 8.11. The maximum absolute atomic E-state index is 5.47. The van der Waals surface area contributed by atoms with E-state index in [1.165, 1.54) is 16.7 Å². The van der Waals surface area contributed by atoms with Crippen LogP contribution in [0.25, 0.3) is 0 Å². The summed E-state index contributed by atoms with van der Waals surface area (Å²) in [4.78, 5) is 0. The fourth-order valence-corrected chi connectivity index (χ4v) is 2.76. The lowest BCUT2D eigenvalue weighted by Crippen LogP contribution is -2.32. The van der Waals surface area contributed by atoms with Crippen LogP contribution in [0.1, 0.15) is 55.8 Å². The number of anilines is 1. The van der Waals surface area contributed by atoms with Gasteiger partial charge in [-0.2, -0.15) is 0 Å². The van der Waals surface area contributed by atoms with Crippen LogP contribution in [0.4, 0.5) is 5.69 Å². The fourth-order valence-electron chi connectivity index (χ4n) is 2.50. The van der Waals surface area contributed by atoms with Crippen molar-refractivity contribution >= 4 is 23.0 Å². The molecular weight excluding hydrogens is 300 g/mol. The number of rotatable bonds is 5. The van der Waals surface area contributed by atoms with Gasteiger partial charge in [-0.15, -0.1) is 0 Å². The molecule has 2 aromatic rings. The van der Waals surface area contributed by atoms with Crippen molar-refractivity contribution in [3.63, 3.8) is 0 Å². The van der Waals surface area contributed by atoms with Gasteiger partial charge in [-0.1, -0.05) is 62.7 Å². The number of benzene rings is 2. The molecule has 0 radical (unpaired) electrons. The fraction of sp³-hybridized carbons (Fsp3) is 0.350. The highest BCUT2D eigenvalue weighted by atomic mass is 32.1. The Bertz CT molecular complexity index is 630. The minimum absolute atomic E-state index is 0.227. The molecule has 0 fully saturated rings. The lowest BCUT2D eigenvalue weighted by Gasteiger charge is -2.20. The molecule has 0 unspecified atom stereocenters. The monoisotopic (exact) mass is 326 g/mol. The van der Waals surface area contributed by atoms with E-state index in [1.807, 2.05) is 0 Å². The molecule has 0 amide bonds. The van der Waals surface area contributed by atoms with Crippen LogP contribution in [-0.2, 0) is 0 Å². The van der Waals surface area contributed by atoms with Crippen molar-refractivity contribution in [2.45, 2.75) is 46.1 Å². The Kier molecular flexibility index (Phi) is 6.17. The molecular formula is C20H26N2S. The molecule has 2 N–H and O–H groups in total. The van der Waals surface area contributed by atoms with E-state index >= 15 is 0 Å². The predicted molar refractivity (Wildman–Crippen MR) is 104 cm³/mol. The lowest BCUT2D eigenvalue weighted by molar-refractivity contribution is 0.629. The number of hydrogen-bond acceptors (Lipinski definition) is 1. The number of nitrogens with one attached hydrogen (secondary N) is 2. The van der Waals surface area contributed by atoms with Gasteiger partial charge in [0, 0.05) is 5.69 Å². The zero-order valence-electron chi connectivity index (χ0n) is 14.4. The first kappa shape index (κ1) is 17.5. The smallest absolute Gasteiger partial charge is 0.171 e. The van der Waals surface area contributed by atoms with Gasteiger partial charge in [-0.05, 0) is 54.7 Å². The third-order valence-corrected chi connectivity index (χ3v) is 4.25. The second-order valence-corrected chi connectivity index (χ2v) is 6.65. The van der Waals surface area contributed by atoms with Crippen molar-refractivity contribution in [1.82, 2.24) is 5.32 Å². The summed E-state index contributed by atoms with van der Waals surface area (Å²) >= 11 is 5.47. The Morgan fingerprint density at radius 3 is 2.04 bits per heavy atom. The standard InChI is InChI=1S/C20H26N2S/c1-5-19(17-8-6-15(4)7-9-17)22-20(23)21-18-12-10-16(11-13-18)14(2)3/h6-14,19H,5H2,1-4H3,(H2,21,22,23)/t19-/m0/s1. The van der Waals surface area contributed by atoms with Crippen LogP contribution in [0.3, 0.4) is 0 Å². The maximum atomic E-state index is 5.47. The molecule has 0 aromatic heterocycles. The molecule has 3 heteroatoms. The summed E-state index contributed by atoms with van der Waals surface area (Å²) in [5.41, 5.74) is 4.89. The summed E-state index contributed by atoms with van der Waals surface area (Å²) in [6.07, 6.45) is 0.983. The summed E-state index contributed by atoms with van der Waals surface area (Å²) < 4.78 is 0. The van der Waals surface area contributed by atoms with Gasteiger partial charge >= 0.3 is 0 Å². The van der Waals surface area contributed by atoms with E-state index in [4.69, 9.17) is 12.2 Å². The highest BCUT2D eigenvalue weighted by Crippen LogP contribution is 2.19. The molecule has 0 aliphatic rings. The normalized spacial score (nSPS) is 12.0. The van der Waals surface area contributed by atoms with Gasteiger partial charge in [0.1, 0.15) is 0 Å². The van der Waals surface area contributed by atoms with E-state index in [-0.39, 0.29) is 6.04 Å². The van der Waals surface area contributed by atoms with Crippen molar-refractivity contribution in [1.29, 1.82) is 0 Å². The average molecular weight is 327 g/mol. The topological polar surface area (TPSA) is 24.1 Å². The second-order valence-electron chi connectivity index (χ2n) is 6.25. The Morgan fingerprint density at radius 2 is 1.52 bits per heavy atom. The number of aryl methyl sites for hydroxylation is 1. The van der Waals surface area contributed by atoms with E-state index in [0.717, 1.165) is 12.1 Å². The van der Waals surface area contributed by atoms with Crippen molar-refractivity contribution in [2.24, 2.45) is 0 Å². The molecule has 1 atom stereocenters. The molecule has 0 aliphatic carbocycles. The van der Waals surface area contributed by atoms with Crippen molar-refractivity contribution in [3.05, 3.63) is 65.2 Å². The zero-order chi connectivity index (χ0) is 16.8. The first-order valence-electron chi connectivity index (χ1n) is 8.23. The minimum Gasteiger partial charge on any atom is -0.356 e. The Labute approximate surface area is 145 Å². The molecule has 0 heterocycles. The van der Waals surface area contributed by atoms with Gasteiger partial charge < -0.3 is 10.6 Å². The van der Waals surface area contributed by atoms with Gasteiger partial charge in [0.15, 0.2) is 5.11 Å². The van der Waals surface area contributed by atoms with E-state index < -0.39 is 0 Å². The summed E-state index contributed by atoms with van der Waals surface area (Å²) in [7, 11) is 0. The first-order valence-corrected chi connectivity index (χ1v) is 8.64. The van der Waals surface area contributed by atoms with E-state index in [1.54, 1.807) is 0 Å². The van der Waals surface area contributed by atoms with Crippen LogP contribution in [0.5, 0.6) is 0 Å². The van der Waals surface area contributed by atoms with E-state index in [2.05, 4.69) is 86.9 Å². The lowest BCUT2D eigenvalue weighted by atomic mass is 10.0. The SMILES string of the molecule is CC[C@H](NC(=S)Nc1ccc(C(C)C)cc1)c1ccc(C)cc1. The maximum Gasteiger partial charge on any atom is 0.171 e. The third-order valence-electron chi connectivity index (χ3n) is 4.03. The Balaban J connectivity index is 1.98. The molecule has 0 saturated carbocycles. The van der Waals surface area contributed by atoms with Gasteiger partial charge in [0.2, 0.25) is 0 Å². The van der Waals surface area contributed by atoms with Crippen molar-refractivity contribution in [2.75, 3.05) is 5.32 Å². The van der Waals surface area contributed by atoms with Crippen LogP contribution in [-0.4, -0.2) is 5.11 Å². The highest BCUT2D eigenvalue weighted by molar-refractivity contribution is 7.80. The van der Waals surface area contributed by atoms with Gasteiger partial charge in [-0.25, -0.2) is 0 Å². The summed E-state index contributed by atoms with van der Waals surface area (Å²) in [6, 6.07) is 17.3. The van der Waals surface area contributed by atoms with Crippen LogP contribution in [0, 0.1) is 6.92 Å². The largest absolute Gasteiger partial charge is 0.356 e.